The highest BCUT2D eigenvalue weighted by Gasteiger charge is 2.31. The summed E-state index contributed by atoms with van der Waals surface area (Å²) in [5, 5.41) is 1.53. The Hall–Kier alpha value is -6.84. The molecule has 57 heavy (non-hydrogen) atoms. The molecule has 1 aromatic heterocycles. The number of pyridine rings is 1. The van der Waals surface area contributed by atoms with E-state index in [4.69, 9.17) is 38.1 Å². The molecule has 0 amide bonds. The second-order valence-corrected chi connectivity index (χ2v) is 13.2. The van der Waals surface area contributed by atoms with Crippen molar-refractivity contribution in [2.45, 2.75) is 25.7 Å². The first-order valence-corrected chi connectivity index (χ1v) is 18.5. The molecule has 7 rings (SSSR count). The lowest BCUT2D eigenvalue weighted by Gasteiger charge is -2.22. The van der Waals surface area contributed by atoms with Crippen molar-refractivity contribution < 1.29 is 38.0 Å². The molecular weight excluding hydrogens is 719 g/mol. The van der Waals surface area contributed by atoms with Gasteiger partial charge in [-0.15, -0.1) is 0 Å². The molecule has 0 aliphatic heterocycles. The quantitative estimate of drug-likeness (QED) is 0.0626. The lowest BCUT2D eigenvalue weighted by Crippen LogP contribution is -2.18. The van der Waals surface area contributed by atoms with Gasteiger partial charge in [0.2, 0.25) is 0 Å². The minimum absolute atomic E-state index is 0.0795. The fraction of sp³-hybridized carbons (Fsp3) is 0.167. The summed E-state index contributed by atoms with van der Waals surface area (Å²) in [4.78, 5) is 20.1. The van der Waals surface area contributed by atoms with Crippen LogP contribution in [0.15, 0.2) is 152 Å². The minimum Gasteiger partial charge on any atom is -0.493 e. The number of carbonyl (C=O) groups excluding carboxylic acids is 1. The number of Topliss-reactive ketones (excluding diaryl/α,β-unsaturated/α-hetero) is 1. The lowest BCUT2D eigenvalue weighted by molar-refractivity contribution is 0.0499. The highest BCUT2D eigenvalue weighted by Crippen LogP contribution is 2.42. The maximum atomic E-state index is 15.2. The predicted octanol–water partition coefficient (Wildman–Crippen LogP) is 9.99. The van der Waals surface area contributed by atoms with Crippen molar-refractivity contribution >= 4 is 16.6 Å². The maximum Gasteiger partial charge on any atom is 0.188 e. The second kappa shape index (κ2) is 18.7. The summed E-state index contributed by atoms with van der Waals surface area (Å²) >= 11 is 0. The number of ketones is 1. The number of rotatable bonds is 18. The zero-order valence-corrected chi connectivity index (χ0v) is 32.1. The molecule has 288 valence electrons. The fourth-order valence-electron chi connectivity index (χ4n) is 6.53. The third-order valence-electron chi connectivity index (χ3n) is 9.41. The van der Waals surface area contributed by atoms with Crippen molar-refractivity contribution in [1.29, 1.82) is 0 Å². The van der Waals surface area contributed by atoms with Crippen LogP contribution in [0.5, 0.6) is 34.5 Å². The summed E-state index contributed by atoms with van der Waals surface area (Å²) in [7, 11) is 4.70. The van der Waals surface area contributed by atoms with Gasteiger partial charge in [0, 0.05) is 24.8 Å². The molecule has 9 nitrogen and oxygen atoms in total. The number of aromatic nitrogens is 1. The van der Waals surface area contributed by atoms with Crippen LogP contribution >= 0.6 is 0 Å². The van der Waals surface area contributed by atoms with E-state index in [1.807, 2.05) is 127 Å². The Bertz CT molecular complexity index is 2400. The van der Waals surface area contributed by atoms with Crippen molar-refractivity contribution in [3.05, 3.63) is 185 Å². The highest BCUT2D eigenvalue weighted by molar-refractivity contribution is 6.07. The Labute approximate surface area is 332 Å². The second-order valence-electron chi connectivity index (χ2n) is 13.2. The summed E-state index contributed by atoms with van der Waals surface area (Å²) in [5.41, 5.74) is 4.50. The van der Waals surface area contributed by atoms with Crippen molar-refractivity contribution in [2.24, 2.45) is 0 Å². The SMILES string of the molecule is COCOc1cc(OCc2ccccc2)ccc1C(=O)C(c1ccc(OCc2ccccc2)c(OC)c1)c1nccc2cc(OCc3ccccc3)c(OC)cc12. The van der Waals surface area contributed by atoms with Crippen molar-refractivity contribution in [3.63, 3.8) is 0 Å². The van der Waals surface area contributed by atoms with Crippen molar-refractivity contribution in [2.75, 3.05) is 28.1 Å². The van der Waals surface area contributed by atoms with Gasteiger partial charge in [-0.25, -0.2) is 0 Å². The van der Waals surface area contributed by atoms with E-state index in [-0.39, 0.29) is 12.6 Å². The fourth-order valence-corrected chi connectivity index (χ4v) is 6.53. The van der Waals surface area contributed by atoms with Gasteiger partial charge in [0.25, 0.3) is 0 Å². The van der Waals surface area contributed by atoms with Gasteiger partial charge < -0.3 is 33.2 Å². The Morgan fingerprint density at radius 3 is 1.75 bits per heavy atom. The number of fused-ring (bicyclic) bond motifs is 1. The zero-order valence-electron chi connectivity index (χ0n) is 32.1. The van der Waals surface area contributed by atoms with Crippen LogP contribution in [-0.2, 0) is 24.6 Å². The highest BCUT2D eigenvalue weighted by atomic mass is 16.7. The third-order valence-corrected chi connectivity index (χ3v) is 9.41. The van der Waals surface area contributed by atoms with Crippen molar-refractivity contribution in [3.8, 4) is 34.5 Å². The molecule has 0 fully saturated rings. The van der Waals surface area contributed by atoms with Gasteiger partial charge in [-0.3, -0.25) is 9.78 Å². The smallest absolute Gasteiger partial charge is 0.188 e. The van der Waals surface area contributed by atoms with Gasteiger partial charge in [0.15, 0.2) is 35.6 Å². The number of hydrogen-bond donors (Lipinski definition) is 0. The van der Waals surface area contributed by atoms with E-state index >= 15 is 4.79 Å². The van der Waals surface area contributed by atoms with E-state index in [0.717, 1.165) is 22.1 Å². The number of nitrogens with zero attached hydrogens (tertiary/aromatic N) is 1. The van der Waals surface area contributed by atoms with E-state index in [0.29, 0.717) is 76.5 Å². The molecule has 0 spiro atoms. The van der Waals surface area contributed by atoms with Crippen LogP contribution in [0, 0.1) is 0 Å². The average molecular weight is 762 g/mol. The van der Waals surface area contributed by atoms with Gasteiger partial charge in [-0.05, 0) is 70.1 Å². The van der Waals surface area contributed by atoms with Gasteiger partial charge in [0.1, 0.15) is 31.3 Å². The van der Waals surface area contributed by atoms with E-state index in [1.165, 1.54) is 7.11 Å². The number of methoxy groups -OCH3 is 3. The van der Waals surface area contributed by atoms with E-state index < -0.39 is 5.92 Å². The van der Waals surface area contributed by atoms with Crippen LogP contribution < -0.4 is 28.4 Å². The van der Waals surface area contributed by atoms with Gasteiger partial charge >= 0.3 is 0 Å². The number of carbonyl (C=O) groups is 1. The normalized spacial score (nSPS) is 11.4. The van der Waals surface area contributed by atoms with E-state index in [9.17, 15) is 0 Å². The Morgan fingerprint density at radius 1 is 0.544 bits per heavy atom. The van der Waals surface area contributed by atoms with Gasteiger partial charge in [-0.2, -0.15) is 0 Å². The predicted molar refractivity (Wildman–Crippen MR) is 219 cm³/mol. The molecule has 0 saturated heterocycles. The van der Waals surface area contributed by atoms with Gasteiger partial charge in [-0.1, -0.05) is 97.1 Å². The molecule has 1 atom stereocenters. The van der Waals surface area contributed by atoms with Crippen molar-refractivity contribution in [1.82, 2.24) is 4.98 Å². The molecule has 0 aliphatic carbocycles. The maximum absolute atomic E-state index is 15.2. The molecule has 7 aromatic rings. The van der Waals surface area contributed by atoms with Gasteiger partial charge in [0.05, 0.1) is 31.4 Å². The lowest BCUT2D eigenvalue weighted by atomic mass is 9.85. The number of benzene rings is 6. The first-order valence-electron chi connectivity index (χ1n) is 18.5. The molecule has 6 aromatic carbocycles. The zero-order chi connectivity index (χ0) is 39.4. The number of hydrogen-bond acceptors (Lipinski definition) is 9. The third kappa shape index (κ3) is 9.35. The molecule has 0 N–H and O–H groups in total. The van der Waals surface area contributed by atoms with E-state index in [1.54, 1.807) is 38.6 Å². The van der Waals surface area contributed by atoms with Crippen LogP contribution in [-0.4, -0.2) is 38.9 Å². The molecule has 1 heterocycles. The molecule has 0 saturated carbocycles. The average Bonchev–Trinajstić information content (AvgIpc) is 3.27. The Kier molecular flexibility index (Phi) is 12.6. The van der Waals surface area contributed by atoms with Crippen LogP contribution in [0.4, 0.5) is 0 Å². The summed E-state index contributed by atoms with van der Waals surface area (Å²) in [5.74, 6) is 1.73. The topological polar surface area (TPSA) is 94.6 Å². The van der Waals surface area contributed by atoms with Crippen LogP contribution in [0.25, 0.3) is 10.8 Å². The van der Waals surface area contributed by atoms with Crippen LogP contribution in [0.2, 0.25) is 0 Å². The molecule has 0 radical (unpaired) electrons. The van der Waals surface area contributed by atoms with Crippen LogP contribution in [0.1, 0.15) is 44.2 Å². The Morgan fingerprint density at radius 2 is 1.14 bits per heavy atom. The Balaban J connectivity index is 1.30. The first-order chi connectivity index (χ1) is 28.0. The van der Waals surface area contributed by atoms with Crippen LogP contribution in [0.3, 0.4) is 0 Å². The monoisotopic (exact) mass is 761 g/mol. The minimum atomic E-state index is -0.924. The summed E-state index contributed by atoms with van der Waals surface area (Å²) in [6, 6.07) is 46.0. The number of ether oxygens (including phenoxy) is 7. The summed E-state index contributed by atoms with van der Waals surface area (Å²) < 4.78 is 41.6. The summed E-state index contributed by atoms with van der Waals surface area (Å²) in [6.45, 7) is 0.967. The first kappa shape index (κ1) is 38.4. The molecular formula is C48H43NO8. The molecule has 1 unspecified atom stereocenters. The molecule has 0 aliphatic rings. The summed E-state index contributed by atoms with van der Waals surface area (Å²) in [6.07, 6.45) is 1.70. The largest absolute Gasteiger partial charge is 0.493 e. The molecule has 0 bridgehead atoms. The molecule has 9 heteroatoms. The van der Waals surface area contributed by atoms with E-state index in [2.05, 4.69) is 0 Å². The standard InChI is InChI=1S/C48H43NO8/c1-51-32-57-42-27-38(54-29-33-13-7-4-8-14-33)20-21-39(42)48(50)46(37-19-22-41(43(26-37)52-2)55-30-34-15-9-5-10-16-34)47-40-28-44(53-3)45(25-36(40)23-24-49-47)56-31-35-17-11-6-12-18-35/h4-28,46H,29-32H2,1-3H3.